The van der Waals surface area contributed by atoms with E-state index in [4.69, 9.17) is 14.2 Å². The van der Waals surface area contributed by atoms with E-state index in [9.17, 15) is 24.6 Å². The van der Waals surface area contributed by atoms with Gasteiger partial charge in [-0.25, -0.2) is 9.59 Å². The van der Waals surface area contributed by atoms with Gasteiger partial charge in [0.15, 0.2) is 11.5 Å². The van der Waals surface area contributed by atoms with Gasteiger partial charge >= 0.3 is 12.1 Å². The second-order valence-corrected chi connectivity index (χ2v) is 6.55. The Morgan fingerprint density at radius 3 is 2.39 bits per heavy atom. The third-order valence-electron chi connectivity index (χ3n) is 4.80. The maximum atomic E-state index is 12.1. The minimum absolute atomic E-state index is 0.0717. The van der Waals surface area contributed by atoms with Crippen LogP contribution in [0.1, 0.15) is 31.4 Å². The molecule has 1 aromatic rings. The molecule has 0 spiro atoms. The predicted octanol–water partition coefficient (Wildman–Crippen LogP) is 2.19. The zero-order valence-electron chi connectivity index (χ0n) is 16.1. The number of benzene rings is 1. The molecule has 2 rings (SSSR count). The number of carbonyl (C=O) groups is 3. The van der Waals surface area contributed by atoms with Gasteiger partial charge in [0.1, 0.15) is 11.8 Å². The molecule has 2 N–H and O–H groups in total. The molecule has 154 valence electrons. The number of carboxylic acid groups (broad SMARTS) is 2. The predicted molar refractivity (Wildman–Crippen MR) is 97.8 cm³/mol. The zero-order valence-corrected chi connectivity index (χ0v) is 16.1. The Kier molecular flexibility index (Phi) is 7.22. The lowest BCUT2D eigenvalue weighted by molar-refractivity contribution is -0.142. The van der Waals surface area contributed by atoms with Crippen LogP contribution < -0.4 is 9.47 Å². The minimum atomic E-state index is -1.39. The monoisotopic (exact) mass is 395 g/mol. The number of nitrogens with zero attached hydrogens (tertiary/aromatic N) is 1. The summed E-state index contributed by atoms with van der Waals surface area (Å²) in [4.78, 5) is 36.3. The van der Waals surface area contributed by atoms with E-state index < -0.39 is 30.1 Å². The van der Waals surface area contributed by atoms with Crippen molar-refractivity contribution in [2.75, 3.05) is 27.4 Å². The highest BCUT2D eigenvalue weighted by Gasteiger charge is 2.49. The molecular weight excluding hydrogens is 370 g/mol. The molecule has 0 bridgehead atoms. The maximum absolute atomic E-state index is 12.1. The summed E-state index contributed by atoms with van der Waals surface area (Å²) < 4.78 is 16.0. The molecule has 1 aliphatic heterocycles. The maximum Gasteiger partial charge on any atom is 0.408 e. The van der Waals surface area contributed by atoms with Crippen LogP contribution in [0.25, 0.3) is 0 Å². The lowest BCUT2D eigenvalue weighted by Crippen LogP contribution is -2.41. The molecule has 28 heavy (non-hydrogen) atoms. The number of Topliss-reactive ketones (excluding diaryl/α,β-unsaturated/α-hetero) is 1. The van der Waals surface area contributed by atoms with Gasteiger partial charge in [0.25, 0.3) is 0 Å². The van der Waals surface area contributed by atoms with E-state index in [1.54, 1.807) is 25.3 Å². The number of amides is 1. The lowest BCUT2D eigenvalue weighted by Gasteiger charge is -2.28. The Bertz CT molecular complexity index is 735. The second kappa shape index (κ2) is 9.41. The number of aliphatic carboxylic acids is 1. The van der Waals surface area contributed by atoms with Crippen molar-refractivity contribution in [3.05, 3.63) is 23.8 Å². The highest BCUT2D eigenvalue weighted by molar-refractivity contribution is 5.86. The number of carbonyl (C=O) groups excluding carboxylic acids is 1. The van der Waals surface area contributed by atoms with Gasteiger partial charge in [0, 0.05) is 26.1 Å². The van der Waals surface area contributed by atoms with Crippen molar-refractivity contribution >= 4 is 17.8 Å². The lowest BCUT2D eigenvalue weighted by atomic mass is 9.90. The Labute approximate surface area is 162 Å². The van der Waals surface area contributed by atoms with Gasteiger partial charge in [0.2, 0.25) is 0 Å². The van der Waals surface area contributed by atoms with E-state index in [2.05, 4.69) is 0 Å². The second-order valence-electron chi connectivity index (χ2n) is 6.55. The topological polar surface area (TPSA) is 123 Å². The molecule has 1 amide bonds. The van der Waals surface area contributed by atoms with E-state index in [0.717, 1.165) is 4.90 Å². The molecule has 1 heterocycles. The van der Waals surface area contributed by atoms with Crippen molar-refractivity contribution in [3.8, 4) is 11.5 Å². The summed E-state index contributed by atoms with van der Waals surface area (Å²) in [5.41, 5.74) is 0.480. The van der Waals surface area contributed by atoms with Crippen LogP contribution in [0, 0.1) is 5.92 Å². The molecule has 0 aliphatic carbocycles. The number of hydrogen-bond donors (Lipinski definition) is 2. The number of ketones is 1. The number of methoxy groups -OCH3 is 2. The van der Waals surface area contributed by atoms with Crippen molar-refractivity contribution < 1.29 is 38.8 Å². The van der Waals surface area contributed by atoms with Gasteiger partial charge in [-0.05, 0) is 31.0 Å². The van der Waals surface area contributed by atoms with Crippen molar-refractivity contribution in [3.63, 3.8) is 0 Å². The Morgan fingerprint density at radius 2 is 1.86 bits per heavy atom. The van der Waals surface area contributed by atoms with Crippen molar-refractivity contribution in [1.82, 2.24) is 4.90 Å². The summed E-state index contributed by atoms with van der Waals surface area (Å²) in [5.74, 6) is -1.45. The molecule has 0 unspecified atom stereocenters. The van der Waals surface area contributed by atoms with E-state index >= 15 is 0 Å². The molecular formula is C19H25NO8. The van der Waals surface area contributed by atoms with Crippen LogP contribution in [-0.4, -0.2) is 66.4 Å². The van der Waals surface area contributed by atoms with Crippen LogP contribution in [0.2, 0.25) is 0 Å². The van der Waals surface area contributed by atoms with Gasteiger partial charge in [-0.15, -0.1) is 0 Å². The van der Waals surface area contributed by atoms with Gasteiger partial charge < -0.3 is 24.4 Å². The van der Waals surface area contributed by atoms with Gasteiger partial charge in [-0.1, -0.05) is 6.07 Å². The first-order valence-electron chi connectivity index (χ1n) is 8.86. The number of likely N-dealkylation sites (tertiary alicyclic amines) is 1. The largest absolute Gasteiger partial charge is 0.493 e. The van der Waals surface area contributed by atoms with Crippen molar-refractivity contribution in [1.29, 1.82) is 0 Å². The first-order valence-corrected chi connectivity index (χ1v) is 8.86. The van der Waals surface area contributed by atoms with Crippen LogP contribution in [-0.2, 0) is 14.3 Å². The number of hydrogen-bond acceptors (Lipinski definition) is 6. The molecule has 1 aliphatic rings. The number of carboxylic acids is 1. The third kappa shape index (κ3) is 4.53. The van der Waals surface area contributed by atoms with Crippen molar-refractivity contribution in [2.45, 2.75) is 31.8 Å². The van der Waals surface area contributed by atoms with Crippen LogP contribution >= 0.6 is 0 Å². The van der Waals surface area contributed by atoms with Crippen LogP contribution in [0.5, 0.6) is 11.5 Å². The standard InChI is InChI=1S/C19H25NO8/c1-11(21)13-10-14(18(22)23)20(19(24)25)17(13)12-5-6-15(27-3)16(9-12)28-8-4-7-26-2/h5-6,9,13-14,17H,4,7-8,10H2,1-3H3,(H,22,23)(H,24,25)/t13-,14+,17+/m0/s1. The van der Waals surface area contributed by atoms with Gasteiger partial charge in [-0.3, -0.25) is 9.69 Å². The van der Waals surface area contributed by atoms with Gasteiger partial charge in [-0.2, -0.15) is 0 Å². The molecule has 0 aromatic heterocycles. The Balaban J connectivity index is 2.41. The van der Waals surface area contributed by atoms with Crippen LogP contribution in [0.3, 0.4) is 0 Å². The van der Waals surface area contributed by atoms with Crippen LogP contribution in [0.4, 0.5) is 4.79 Å². The molecule has 0 radical (unpaired) electrons. The summed E-state index contributed by atoms with van der Waals surface area (Å²) in [6, 6.07) is 2.65. The molecule has 1 fully saturated rings. The minimum Gasteiger partial charge on any atom is -0.493 e. The fraction of sp³-hybridized carbons (Fsp3) is 0.526. The summed E-state index contributed by atoms with van der Waals surface area (Å²) in [7, 11) is 3.07. The third-order valence-corrected chi connectivity index (χ3v) is 4.80. The Hall–Kier alpha value is -2.81. The summed E-state index contributed by atoms with van der Waals surface area (Å²) in [5, 5.41) is 19.0. The number of ether oxygens (including phenoxy) is 3. The summed E-state index contributed by atoms with van der Waals surface area (Å²) >= 11 is 0. The normalized spacial score (nSPS) is 21.4. The van der Waals surface area contributed by atoms with E-state index in [0.29, 0.717) is 36.7 Å². The van der Waals surface area contributed by atoms with E-state index in [1.807, 2.05) is 0 Å². The van der Waals surface area contributed by atoms with Gasteiger partial charge in [0.05, 0.1) is 19.8 Å². The van der Waals surface area contributed by atoms with E-state index in [1.165, 1.54) is 14.0 Å². The SMILES string of the molecule is COCCCOc1cc([C@@H]2[C@H](C(C)=O)C[C@H](C(=O)O)N2C(=O)O)ccc1OC. The highest BCUT2D eigenvalue weighted by atomic mass is 16.5. The molecule has 0 saturated carbocycles. The summed E-state index contributed by atoms with van der Waals surface area (Å²) in [6.45, 7) is 2.21. The molecule has 3 atom stereocenters. The molecule has 1 saturated heterocycles. The zero-order chi connectivity index (χ0) is 20.8. The smallest absolute Gasteiger partial charge is 0.408 e. The van der Waals surface area contributed by atoms with Crippen molar-refractivity contribution in [2.24, 2.45) is 5.92 Å². The average Bonchev–Trinajstić information content (AvgIpc) is 3.06. The quantitative estimate of drug-likeness (QED) is 0.610. The fourth-order valence-electron chi connectivity index (χ4n) is 3.50. The first kappa shape index (κ1) is 21.5. The first-order chi connectivity index (χ1) is 13.3. The number of rotatable bonds is 9. The Morgan fingerprint density at radius 1 is 1.14 bits per heavy atom. The molecule has 9 nitrogen and oxygen atoms in total. The van der Waals surface area contributed by atoms with E-state index in [-0.39, 0.29) is 12.2 Å². The molecule has 1 aromatic carbocycles. The van der Waals surface area contributed by atoms with Crippen LogP contribution in [0.15, 0.2) is 18.2 Å². The fourth-order valence-corrected chi connectivity index (χ4v) is 3.50. The average molecular weight is 395 g/mol. The summed E-state index contributed by atoms with van der Waals surface area (Å²) in [6.07, 6.45) is -0.816. The molecule has 9 heteroatoms. The highest BCUT2D eigenvalue weighted by Crippen LogP contribution is 2.44.